The average Bonchev–Trinajstić information content (AvgIpc) is 2.46. The van der Waals surface area contributed by atoms with Crippen molar-refractivity contribution in [3.8, 4) is 11.5 Å². The molecule has 0 spiro atoms. The molecule has 0 unspecified atom stereocenters. The highest BCUT2D eigenvalue weighted by atomic mass is 19.1. The van der Waals surface area contributed by atoms with Crippen molar-refractivity contribution >= 4 is 12.6 Å². The van der Waals surface area contributed by atoms with Crippen LogP contribution in [0.1, 0.15) is 5.56 Å². The molecule has 104 valence electrons. The molecule has 0 aromatic heterocycles. The molecule has 0 amide bonds. The fourth-order valence-corrected chi connectivity index (χ4v) is 1.74. The first kappa shape index (κ1) is 14.4. The van der Waals surface area contributed by atoms with Gasteiger partial charge in [-0.2, -0.15) is 0 Å². The predicted molar refractivity (Wildman–Crippen MR) is 73.6 cm³/mol. The summed E-state index contributed by atoms with van der Waals surface area (Å²) in [5.41, 5.74) is 0.467. The summed E-state index contributed by atoms with van der Waals surface area (Å²) >= 11 is 0. The summed E-state index contributed by atoms with van der Waals surface area (Å²) in [4.78, 5) is 0. The third-order valence-corrected chi connectivity index (χ3v) is 2.79. The molecule has 0 fully saturated rings. The van der Waals surface area contributed by atoms with Crippen molar-refractivity contribution in [2.75, 3.05) is 7.11 Å². The maximum atomic E-state index is 13.3. The van der Waals surface area contributed by atoms with E-state index in [1.165, 1.54) is 18.2 Å². The van der Waals surface area contributed by atoms with Crippen LogP contribution in [-0.2, 0) is 6.61 Å². The van der Waals surface area contributed by atoms with Crippen LogP contribution in [0.2, 0.25) is 0 Å². The minimum atomic E-state index is -1.84. The molecule has 20 heavy (non-hydrogen) atoms. The first-order chi connectivity index (χ1) is 9.60. The lowest BCUT2D eigenvalue weighted by molar-refractivity contribution is 0.303. The minimum Gasteiger partial charge on any atom is -0.497 e. The van der Waals surface area contributed by atoms with E-state index in [-0.39, 0.29) is 12.1 Å². The van der Waals surface area contributed by atoms with Gasteiger partial charge < -0.3 is 19.5 Å². The topological polar surface area (TPSA) is 58.9 Å². The summed E-state index contributed by atoms with van der Waals surface area (Å²) in [6.45, 7) is 0.188. The van der Waals surface area contributed by atoms with Gasteiger partial charge in [0.15, 0.2) is 0 Å². The van der Waals surface area contributed by atoms with Crippen LogP contribution in [0.4, 0.5) is 4.39 Å². The van der Waals surface area contributed by atoms with Crippen molar-refractivity contribution in [3.63, 3.8) is 0 Å². The standard InChI is InChI=1S/C14H14BFO4/c1-19-11-3-2-4-12(8-11)20-9-10-5-6-14(16)13(7-10)15(17)18/h2-8,17-18H,9H2,1H3. The Hall–Kier alpha value is -2.05. The monoisotopic (exact) mass is 276 g/mol. The van der Waals surface area contributed by atoms with E-state index in [2.05, 4.69) is 0 Å². The molecule has 0 saturated carbocycles. The fraction of sp³-hybridized carbons (Fsp3) is 0.143. The molecule has 6 heteroatoms. The Morgan fingerprint density at radius 3 is 2.55 bits per heavy atom. The lowest BCUT2D eigenvalue weighted by atomic mass is 9.79. The quantitative estimate of drug-likeness (QED) is 0.803. The Balaban J connectivity index is 2.08. The maximum absolute atomic E-state index is 13.3. The molecule has 0 heterocycles. The van der Waals surface area contributed by atoms with Crippen LogP contribution in [-0.4, -0.2) is 24.3 Å². The summed E-state index contributed by atoms with van der Waals surface area (Å²) in [7, 11) is -0.277. The zero-order valence-corrected chi connectivity index (χ0v) is 10.9. The second kappa shape index (κ2) is 6.41. The molecule has 2 aromatic carbocycles. The summed E-state index contributed by atoms with van der Waals surface area (Å²) < 4.78 is 23.9. The molecule has 0 radical (unpaired) electrons. The zero-order valence-electron chi connectivity index (χ0n) is 10.9. The molecule has 4 nitrogen and oxygen atoms in total. The Morgan fingerprint density at radius 2 is 1.85 bits per heavy atom. The van der Waals surface area contributed by atoms with E-state index in [4.69, 9.17) is 19.5 Å². The van der Waals surface area contributed by atoms with Crippen LogP contribution < -0.4 is 14.9 Å². The summed E-state index contributed by atoms with van der Waals surface area (Å²) in [5.74, 6) is 0.623. The summed E-state index contributed by atoms with van der Waals surface area (Å²) in [5, 5.41) is 18.1. The van der Waals surface area contributed by atoms with Gasteiger partial charge in [-0.1, -0.05) is 18.2 Å². The van der Waals surface area contributed by atoms with Crippen LogP contribution in [0.5, 0.6) is 11.5 Å². The Kier molecular flexibility index (Phi) is 4.60. The Bertz CT molecular complexity index is 589. The Labute approximate surface area is 116 Å². The van der Waals surface area contributed by atoms with Crippen molar-refractivity contribution in [2.45, 2.75) is 6.61 Å². The minimum absolute atomic E-state index is 0.170. The molecule has 2 aromatic rings. The summed E-state index contributed by atoms with van der Waals surface area (Å²) in [6, 6.07) is 11.2. The number of halogens is 1. The van der Waals surface area contributed by atoms with Gasteiger partial charge in [-0.25, -0.2) is 4.39 Å². The second-order valence-electron chi connectivity index (χ2n) is 4.20. The summed E-state index contributed by atoms with van der Waals surface area (Å²) in [6.07, 6.45) is 0. The normalized spacial score (nSPS) is 10.2. The number of benzene rings is 2. The zero-order chi connectivity index (χ0) is 14.5. The van der Waals surface area contributed by atoms with Gasteiger partial charge in [-0.3, -0.25) is 0 Å². The van der Waals surface area contributed by atoms with E-state index in [1.807, 2.05) is 0 Å². The molecule has 0 saturated heterocycles. The highest BCUT2D eigenvalue weighted by Crippen LogP contribution is 2.19. The van der Waals surface area contributed by atoms with Crippen LogP contribution in [0.15, 0.2) is 42.5 Å². The van der Waals surface area contributed by atoms with E-state index < -0.39 is 12.9 Å². The molecule has 0 bridgehead atoms. The van der Waals surface area contributed by atoms with Gasteiger partial charge in [0.25, 0.3) is 0 Å². The largest absolute Gasteiger partial charge is 0.497 e. The predicted octanol–water partition coefficient (Wildman–Crippen LogP) is 1.09. The van der Waals surface area contributed by atoms with Crippen LogP contribution >= 0.6 is 0 Å². The fourth-order valence-electron chi connectivity index (χ4n) is 1.74. The average molecular weight is 276 g/mol. The van der Waals surface area contributed by atoms with Gasteiger partial charge in [0.1, 0.15) is 23.9 Å². The first-order valence-corrected chi connectivity index (χ1v) is 6.01. The van der Waals surface area contributed by atoms with Crippen LogP contribution in [0.3, 0.4) is 0 Å². The van der Waals surface area contributed by atoms with Gasteiger partial charge >= 0.3 is 7.12 Å². The number of rotatable bonds is 5. The van der Waals surface area contributed by atoms with Crippen molar-refractivity contribution in [1.29, 1.82) is 0 Å². The van der Waals surface area contributed by atoms with Gasteiger partial charge in [-0.05, 0) is 23.8 Å². The first-order valence-electron chi connectivity index (χ1n) is 6.01. The number of hydrogen-bond acceptors (Lipinski definition) is 4. The van der Waals surface area contributed by atoms with E-state index in [9.17, 15) is 4.39 Å². The van der Waals surface area contributed by atoms with Gasteiger partial charge in [-0.15, -0.1) is 0 Å². The Morgan fingerprint density at radius 1 is 1.10 bits per heavy atom. The lowest BCUT2D eigenvalue weighted by Gasteiger charge is -2.09. The van der Waals surface area contributed by atoms with E-state index in [0.29, 0.717) is 17.1 Å². The third-order valence-electron chi connectivity index (χ3n) is 2.79. The van der Waals surface area contributed by atoms with Crippen LogP contribution in [0, 0.1) is 5.82 Å². The molecule has 0 aliphatic carbocycles. The smallest absolute Gasteiger partial charge is 0.491 e. The van der Waals surface area contributed by atoms with Gasteiger partial charge in [0.2, 0.25) is 0 Å². The molecular formula is C14H14BFO4. The van der Waals surface area contributed by atoms with Crippen molar-refractivity contribution in [3.05, 3.63) is 53.8 Å². The van der Waals surface area contributed by atoms with E-state index >= 15 is 0 Å². The van der Waals surface area contributed by atoms with Gasteiger partial charge in [0, 0.05) is 11.5 Å². The van der Waals surface area contributed by atoms with Gasteiger partial charge in [0.05, 0.1) is 7.11 Å². The molecule has 0 atom stereocenters. The molecule has 2 rings (SSSR count). The third kappa shape index (κ3) is 3.49. The molecule has 2 N–H and O–H groups in total. The van der Waals surface area contributed by atoms with E-state index in [1.54, 1.807) is 31.4 Å². The van der Waals surface area contributed by atoms with Crippen molar-refractivity contribution in [1.82, 2.24) is 0 Å². The van der Waals surface area contributed by atoms with E-state index in [0.717, 1.165) is 0 Å². The highest BCUT2D eigenvalue weighted by Gasteiger charge is 2.16. The molecule has 0 aliphatic heterocycles. The molecular weight excluding hydrogens is 262 g/mol. The molecule has 0 aliphatic rings. The SMILES string of the molecule is COc1cccc(OCc2ccc(F)c(B(O)O)c2)c1. The van der Waals surface area contributed by atoms with Crippen molar-refractivity contribution in [2.24, 2.45) is 0 Å². The van der Waals surface area contributed by atoms with Crippen molar-refractivity contribution < 1.29 is 23.9 Å². The maximum Gasteiger partial charge on any atom is 0.491 e. The number of ether oxygens (including phenoxy) is 2. The number of hydrogen-bond donors (Lipinski definition) is 2. The second-order valence-corrected chi connectivity index (χ2v) is 4.20. The lowest BCUT2D eigenvalue weighted by Crippen LogP contribution is -2.33. The van der Waals surface area contributed by atoms with Crippen LogP contribution in [0.25, 0.3) is 0 Å². The highest BCUT2D eigenvalue weighted by molar-refractivity contribution is 6.58. The number of methoxy groups -OCH3 is 1.